The Morgan fingerprint density at radius 3 is 2.67 bits per heavy atom. The third-order valence-corrected chi connectivity index (χ3v) is 3.75. The molecule has 1 aliphatic rings. The summed E-state index contributed by atoms with van der Waals surface area (Å²) in [6.07, 6.45) is 4.25. The Morgan fingerprint density at radius 1 is 1.60 bits per heavy atom. The number of rotatable bonds is 4. The van der Waals surface area contributed by atoms with Gasteiger partial charge in [0, 0.05) is 0 Å². The van der Waals surface area contributed by atoms with Crippen LogP contribution in [0.5, 0.6) is 0 Å². The molecule has 3 atom stereocenters. The highest BCUT2D eigenvalue weighted by molar-refractivity contribution is 5.73. The fourth-order valence-electron chi connectivity index (χ4n) is 2.73. The third kappa shape index (κ3) is 2.51. The van der Waals surface area contributed by atoms with Crippen LogP contribution in [0.25, 0.3) is 0 Å². The minimum atomic E-state index is -0.817. The average Bonchev–Trinajstić information content (AvgIpc) is 2.61. The van der Waals surface area contributed by atoms with Crippen molar-refractivity contribution in [2.24, 2.45) is 11.8 Å². The van der Waals surface area contributed by atoms with Crippen molar-refractivity contribution in [3.63, 3.8) is 0 Å². The highest BCUT2D eigenvalue weighted by Crippen LogP contribution is 2.42. The summed E-state index contributed by atoms with van der Waals surface area (Å²) in [5, 5.41) is 10.5. The lowest BCUT2D eigenvalue weighted by molar-refractivity contribution is -0.156. The first-order valence-corrected chi connectivity index (χ1v) is 5.87. The van der Waals surface area contributed by atoms with Crippen LogP contribution in [0.4, 0.5) is 0 Å². The summed E-state index contributed by atoms with van der Waals surface area (Å²) in [5.41, 5.74) is -0.817. The topological polar surface area (TPSA) is 46.5 Å². The monoisotopic (exact) mass is 214 g/mol. The van der Waals surface area contributed by atoms with Crippen molar-refractivity contribution in [2.45, 2.75) is 51.6 Å². The number of methoxy groups -OCH3 is 1. The SMILES string of the molecule is CCC1CCC(O)(C(CC)C(=O)OC)C1. The molecular formula is C12H22O3. The van der Waals surface area contributed by atoms with Crippen LogP contribution in [0.1, 0.15) is 46.0 Å². The Morgan fingerprint density at radius 2 is 2.27 bits per heavy atom. The maximum absolute atomic E-state index is 11.5. The van der Waals surface area contributed by atoms with Crippen LogP contribution in [0.15, 0.2) is 0 Å². The molecule has 0 saturated heterocycles. The molecule has 1 aliphatic carbocycles. The summed E-state index contributed by atoms with van der Waals surface area (Å²) in [6, 6.07) is 0. The maximum Gasteiger partial charge on any atom is 0.311 e. The molecule has 3 nitrogen and oxygen atoms in total. The third-order valence-electron chi connectivity index (χ3n) is 3.75. The lowest BCUT2D eigenvalue weighted by Gasteiger charge is -2.30. The Kier molecular flexibility index (Phi) is 4.14. The highest BCUT2D eigenvalue weighted by Gasteiger charge is 2.45. The Balaban J connectivity index is 2.71. The average molecular weight is 214 g/mol. The van der Waals surface area contributed by atoms with E-state index >= 15 is 0 Å². The van der Waals surface area contributed by atoms with Crippen molar-refractivity contribution in [1.82, 2.24) is 0 Å². The number of carbonyl (C=O) groups is 1. The zero-order valence-electron chi connectivity index (χ0n) is 9.95. The van der Waals surface area contributed by atoms with Crippen LogP contribution in [0.2, 0.25) is 0 Å². The van der Waals surface area contributed by atoms with Crippen LogP contribution in [0, 0.1) is 11.8 Å². The van der Waals surface area contributed by atoms with Gasteiger partial charge in [-0.2, -0.15) is 0 Å². The molecule has 15 heavy (non-hydrogen) atoms. The molecule has 88 valence electrons. The number of carbonyl (C=O) groups excluding carboxylic acids is 1. The highest BCUT2D eigenvalue weighted by atomic mass is 16.5. The van der Waals surface area contributed by atoms with Gasteiger partial charge in [-0.05, 0) is 31.6 Å². The molecule has 3 heteroatoms. The van der Waals surface area contributed by atoms with E-state index in [0.29, 0.717) is 12.3 Å². The predicted molar refractivity (Wildman–Crippen MR) is 58.4 cm³/mol. The zero-order valence-corrected chi connectivity index (χ0v) is 9.95. The second-order valence-corrected chi connectivity index (χ2v) is 4.60. The van der Waals surface area contributed by atoms with Gasteiger partial charge in [0.2, 0.25) is 0 Å². The molecule has 1 N–H and O–H groups in total. The minimum absolute atomic E-state index is 0.267. The van der Waals surface area contributed by atoms with Gasteiger partial charge >= 0.3 is 5.97 Å². The van der Waals surface area contributed by atoms with Crippen molar-refractivity contribution in [2.75, 3.05) is 7.11 Å². The van der Waals surface area contributed by atoms with Gasteiger partial charge in [-0.1, -0.05) is 20.3 Å². The molecule has 1 rings (SSSR count). The molecule has 3 unspecified atom stereocenters. The van der Waals surface area contributed by atoms with Crippen LogP contribution < -0.4 is 0 Å². The maximum atomic E-state index is 11.5. The van der Waals surface area contributed by atoms with Crippen LogP contribution >= 0.6 is 0 Å². The van der Waals surface area contributed by atoms with Gasteiger partial charge in [0.1, 0.15) is 0 Å². The quantitative estimate of drug-likeness (QED) is 0.729. The second kappa shape index (κ2) is 4.97. The standard InChI is InChI=1S/C12H22O3/c1-4-9-6-7-12(14,8-9)10(5-2)11(13)15-3/h9-10,14H,4-8H2,1-3H3. The Hall–Kier alpha value is -0.570. The van der Waals surface area contributed by atoms with E-state index in [0.717, 1.165) is 25.7 Å². The molecule has 0 aromatic carbocycles. The van der Waals surface area contributed by atoms with Crippen LogP contribution in [0.3, 0.4) is 0 Å². The molecule has 0 heterocycles. The molecule has 1 fully saturated rings. The van der Waals surface area contributed by atoms with Gasteiger partial charge < -0.3 is 9.84 Å². The smallest absolute Gasteiger partial charge is 0.311 e. The van der Waals surface area contributed by atoms with E-state index in [4.69, 9.17) is 4.74 Å². The van der Waals surface area contributed by atoms with Crippen molar-refractivity contribution in [3.05, 3.63) is 0 Å². The fraction of sp³-hybridized carbons (Fsp3) is 0.917. The van der Waals surface area contributed by atoms with E-state index in [-0.39, 0.29) is 11.9 Å². The van der Waals surface area contributed by atoms with Gasteiger partial charge in [0.15, 0.2) is 0 Å². The van der Waals surface area contributed by atoms with E-state index < -0.39 is 5.60 Å². The van der Waals surface area contributed by atoms with E-state index in [2.05, 4.69) is 6.92 Å². The molecule has 0 spiro atoms. The normalized spacial score (nSPS) is 32.7. The molecule has 0 bridgehead atoms. The van der Waals surface area contributed by atoms with Gasteiger partial charge in [0.25, 0.3) is 0 Å². The van der Waals surface area contributed by atoms with E-state index in [1.165, 1.54) is 7.11 Å². The molecule has 0 aromatic heterocycles. The van der Waals surface area contributed by atoms with Gasteiger partial charge in [-0.3, -0.25) is 4.79 Å². The molecule has 1 saturated carbocycles. The lowest BCUT2D eigenvalue weighted by atomic mass is 9.83. The number of hydrogen-bond acceptors (Lipinski definition) is 3. The second-order valence-electron chi connectivity index (χ2n) is 4.60. The predicted octanol–water partition coefficient (Wildman–Crippen LogP) is 2.13. The lowest BCUT2D eigenvalue weighted by Crippen LogP contribution is -2.40. The van der Waals surface area contributed by atoms with E-state index in [1.54, 1.807) is 0 Å². The zero-order chi connectivity index (χ0) is 11.5. The largest absolute Gasteiger partial charge is 0.469 e. The summed E-state index contributed by atoms with van der Waals surface area (Å²) in [5.74, 6) is -0.0514. The van der Waals surface area contributed by atoms with E-state index in [9.17, 15) is 9.90 Å². The van der Waals surface area contributed by atoms with Gasteiger partial charge in [0.05, 0.1) is 18.6 Å². The molecule has 0 aliphatic heterocycles. The van der Waals surface area contributed by atoms with Gasteiger partial charge in [-0.15, -0.1) is 0 Å². The number of hydrogen-bond donors (Lipinski definition) is 1. The summed E-state index contributed by atoms with van der Waals surface area (Å²) >= 11 is 0. The molecule has 0 radical (unpaired) electrons. The first-order valence-electron chi connectivity index (χ1n) is 5.87. The molecule has 0 aromatic rings. The first-order chi connectivity index (χ1) is 7.07. The summed E-state index contributed by atoms with van der Waals surface area (Å²) in [6.45, 7) is 4.06. The molecule has 0 amide bonds. The van der Waals surface area contributed by atoms with Crippen molar-refractivity contribution in [1.29, 1.82) is 0 Å². The number of aliphatic hydroxyl groups is 1. The Bertz CT molecular complexity index is 227. The Labute approximate surface area is 91.8 Å². The number of ether oxygens (including phenoxy) is 1. The van der Waals surface area contributed by atoms with Crippen molar-refractivity contribution >= 4 is 5.97 Å². The van der Waals surface area contributed by atoms with E-state index in [1.807, 2.05) is 6.92 Å². The van der Waals surface area contributed by atoms with Crippen LogP contribution in [-0.2, 0) is 9.53 Å². The van der Waals surface area contributed by atoms with Crippen molar-refractivity contribution < 1.29 is 14.6 Å². The van der Waals surface area contributed by atoms with Crippen molar-refractivity contribution in [3.8, 4) is 0 Å². The molecular weight excluding hydrogens is 192 g/mol. The first kappa shape index (κ1) is 12.5. The minimum Gasteiger partial charge on any atom is -0.469 e. The van der Waals surface area contributed by atoms with Gasteiger partial charge in [-0.25, -0.2) is 0 Å². The summed E-state index contributed by atoms with van der Waals surface area (Å²) in [7, 11) is 1.39. The summed E-state index contributed by atoms with van der Waals surface area (Å²) < 4.78 is 4.75. The fourth-order valence-corrected chi connectivity index (χ4v) is 2.73. The number of esters is 1. The van der Waals surface area contributed by atoms with Crippen LogP contribution in [-0.4, -0.2) is 23.8 Å². The summed E-state index contributed by atoms with van der Waals surface area (Å²) in [4.78, 5) is 11.5.